The molecule has 0 N–H and O–H groups in total. The topological polar surface area (TPSA) is 9.23 Å². The van der Waals surface area contributed by atoms with Crippen molar-refractivity contribution in [3.63, 3.8) is 0 Å². The van der Waals surface area contributed by atoms with E-state index in [-0.39, 0.29) is 0 Å². The van der Waals surface area contributed by atoms with Gasteiger partial charge in [-0.1, -0.05) is 38.8 Å². The number of hydrogen-bond acceptors (Lipinski definition) is 1. The van der Waals surface area contributed by atoms with Crippen LogP contribution in [0.15, 0.2) is 12.2 Å². The number of allylic oxidation sites excluding steroid dienone is 2. The fourth-order valence-corrected chi connectivity index (χ4v) is 4.43. The molecule has 0 saturated heterocycles. The van der Waals surface area contributed by atoms with Gasteiger partial charge in [-0.2, -0.15) is 0 Å². The Morgan fingerprint density at radius 3 is 2.05 bits per heavy atom. The first-order chi connectivity index (χ1) is 10.8. The number of unbranched alkanes of at least 4 members (excludes halogenated alkanes) is 2. The molecule has 0 aromatic rings. The Morgan fingerprint density at radius 1 is 0.818 bits per heavy atom. The molecule has 2 aliphatic rings. The lowest BCUT2D eigenvalue weighted by molar-refractivity contribution is 0.00796. The fourth-order valence-electron chi connectivity index (χ4n) is 4.43. The van der Waals surface area contributed by atoms with E-state index >= 15 is 0 Å². The second-order valence-corrected chi connectivity index (χ2v) is 7.65. The minimum Gasteiger partial charge on any atom is -0.378 e. The van der Waals surface area contributed by atoms with Gasteiger partial charge in [-0.25, -0.2) is 0 Å². The Labute approximate surface area is 138 Å². The maximum absolute atomic E-state index is 5.94. The van der Waals surface area contributed by atoms with Crippen molar-refractivity contribution in [3.8, 4) is 0 Å². The standard InChI is InChI=1S/C21H38O/c1-3-5-6-7-8-18-9-11-19(12-10-18)20-13-15-21(16-14-20)22-17-4-2/h7-8,18-21H,3-6,9-17H2,1-2H3/b8-7+/t18-,19-,20?,21?. The number of hydrogen-bond donors (Lipinski definition) is 0. The minimum atomic E-state index is 0.578. The zero-order valence-electron chi connectivity index (χ0n) is 15.1. The molecule has 1 heteroatoms. The molecular formula is C21H38O. The fraction of sp³-hybridized carbons (Fsp3) is 0.905. The Kier molecular flexibility index (Phi) is 8.59. The van der Waals surface area contributed by atoms with Crippen molar-refractivity contribution in [2.24, 2.45) is 17.8 Å². The van der Waals surface area contributed by atoms with Gasteiger partial charge in [0.15, 0.2) is 0 Å². The highest BCUT2D eigenvalue weighted by molar-refractivity contribution is 4.92. The molecule has 0 heterocycles. The van der Waals surface area contributed by atoms with E-state index in [2.05, 4.69) is 26.0 Å². The molecule has 1 nitrogen and oxygen atoms in total. The molecule has 0 atom stereocenters. The zero-order valence-corrected chi connectivity index (χ0v) is 15.1. The summed E-state index contributed by atoms with van der Waals surface area (Å²) in [5.74, 6) is 2.91. The molecule has 0 aromatic heterocycles. The van der Waals surface area contributed by atoms with Gasteiger partial charge in [0.1, 0.15) is 0 Å². The Bertz CT molecular complexity index is 293. The lowest BCUT2D eigenvalue weighted by atomic mass is 9.70. The highest BCUT2D eigenvalue weighted by atomic mass is 16.5. The SMILES string of the molecule is CCCC/C=C/[C@H]1CC[C@H](C2CCC(OCCC)CC2)CC1. The van der Waals surface area contributed by atoms with Gasteiger partial charge >= 0.3 is 0 Å². The van der Waals surface area contributed by atoms with Gasteiger partial charge in [-0.05, 0) is 82.0 Å². The second-order valence-electron chi connectivity index (χ2n) is 7.65. The van der Waals surface area contributed by atoms with Crippen molar-refractivity contribution in [3.05, 3.63) is 12.2 Å². The molecule has 0 spiro atoms. The van der Waals surface area contributed by atoms with Crippen LogP contribution in [-0.4, -0.2) is 12.7 Å². The van der Waals surface area contributed by atoms with Gasteiger partial charge in [-0.15, -0.1) is 0 Å². The Hall–Kier alpha value is -0.300. The van der Waals surface area contributed by atoms with Gasteiger partial charge in [0.25, 0.3) is 0 Å². The van der Waals surface area contributed by atoms with Crippen LogP contribution < -0.4 is 0 Å². The predicted octanol–water partition coefficient (Wildman–Crippen LogP) is 6.52. The molecule has 0 aromatic carbocycles. The van der Waals surface area contributed by atoms with E-state index in [1.165, 1.54) is 70.6 Å². The molecule has 2 saturated carbocycles. The van der Waals surface area contributed by atoms with Crippen LogP contribution in [0.25, 0.3) is 0 Å². The zero-order chi connectivity index (χ0) is 15.6. The summed E-state index contributed by atoms with van der Waals surface area (Å²) in [5, 5.41) is 0. The number of rotatable bonds is 8. The molecule has 0 aliphatic heterocycles. The average Bonchev–Trinajstić information content (AvgIpc) is 2.58. The monoisotopic (exact) mass is 306 g/mol. The summed E-state index contributed by atoms with van der Waals surface area (Å²) >= 11 is 0. The van der Waals surface area contributed by atoms with Crippen molar-refractivity contribution >= 4 is 0 Å². The van der Waals surface area contributed by atoms with Crippen LogP contribution >= 0.6 is 0 Å². The first-order valence-corrected chi connectivity index (χ1v) is 10.1. The average molecular weight is 307 g/mol. The lowest BCUT2D eigenvalue weighted by Crippen LogP contribution is -2.28. The molecule has 0 radical (unpaired) electrons. The Morgan fingerprint density at radius 2 is 1.45 bits per heavy atom. The number of ether oxygens (including phenoxy) is 1. The van der Waals surface area contributed by atoms with Crippen molar-refractivity contribution in [2.75, 3.05) is 6.61 Å². The van der Waals surface area contributed by atoms with E-state index < -0.39 is 0 Å². The van der Waals surface area contributed by atoms with Crippen LogP contribution in [0.3, 0.4) is 0 Å². The van der Waals surface area contributed by atoms with Gasteiger partial charge in [0.05, 0.1) is 6.10 Å². The smallest absolute Gasteiger partial charge is 0.0575 e. The molecular weight excluding hydrogens is 268 g/mol. The van der Waals surface area contributed by atoms with E-state index in [4.69, 9.17) is 4.74 Å². The molecule has 0 amide bonds. The quantitative estimate of drug-likeness (QED) is 0.366. The summed E-state index contributed by atoms with van der Waals surface area (Å²) in [5.41, 5.74) is 0. The summed E-state index contributed by atoms with van der Waals surface area (Å²) in [4.78, 5) is 0. The van der Waals surface area contributed by atoms with Crippen molar-refractivity contribution < 1.29 is 4.74 Å². The summed E-state index contributed by atoms with van der Waals surface area (Å²) in [6.07, 6.45) is 22.0. The normalized spacial score (nSPS) is 33.4. The van der Waals surface area contributed by atoms with Crippen LogP contribution in [0.4, 0.5) is 0 Å². The van der Waals surface area contributed by atoms with Crippen LogP contribution in [0.2, 0.25) is 0 Å². The van der Waals surface area contributed by atoms with Crippen LogP contribution in [0.5, 0.6) is 0 Å². The van der Waals surface area contributed by atoms with E-state index in [0.717, 1.165) is 30.8 Å². The van der Waals surface area contributed by atoms with Crippen molar-refractivity contribution in [2.45, 2.75) is 97.0 Å². The molecule has 2 aliphatic carbocycles. The van der Waals surface area contributed by atoms with Gasteiger partial charge in [0, 0.05) is 6.61 Å². The molecule has 128 valence electrons. The maximum Gasteiger partial charge on any atom is 0.0575 e. The minimum absolute atomic E-state index is 0.578. The highest BCUT2D eigenvalue weighted by Gasteiger charge is 2.30. The van der Waals surface area contributed by atoms with Crippen molar-refractivity contribution in [1.29, 1.82) is 0 Å². The van der Waals surface area contributed by atoms with Crippen LogP contribution in [0, 0.1) is 17.8 Å². The van der Waals surface area contributed by atoms with Crippen LogP contribution in [-0.2, 0) is 4.74 Å². The third kappa shape index (κ3) is 6.07. The van der Waals surface area contributed by atoms with Crippen molar-refractivity contribution in [1.82, 2.24) is 0 Å². The van der Waals surface area contributed by atoms with E-state index in [0.29, 0.717) is 6.10 Å². The van der Waals surface area contributed by atoms with E-state index in [9.17, 15) is 0 Å². The van der Waals surface area contributed by atoms with Gasteiger partial charge in [-0.3, -0.25) is 0 Å². The molecule has 2 rings (SSSR count). The summed E-state index contributed by atoms with van der Waals surface area (Å²) in [6, 6.07) is 0. The summed E-state index contributed by atoms with van der Waals surface area (Å²) < 4.78 is 5.94. The summed E-state index contributed by atoms with van der Waals surface area (Å²) in [6.45, 7) is 5.45. The maximum atomic E-state index is 5.94. The van der Waals surface area contributed by atoms with E-state index in [1.54, 1.807) is 0 Å². The first kappa shape index (κ1) is 18.0. The predicted molar refractivity (Wildman–Crippen MR) is 96.1 cm³/mol. The van der Waals surface area contributed by atoms with Gasteiger partial charge in [0.2, 0.25) is 0 Å². The third-order valence-electron chi connectivity index (χ3n) is 5.89. The molecule has 22 heavy (non-hydrogen) atoms. The Balaban J connectivity index is 1.62. The molecule has 0 unspecified atom stereocenters. The van der Waals surface area contributed by atoms with Gasteiger partial charge < -0.3 is 4.74 Å². The summed E-state index contributed by atoms with van der Waals surface area (Å²) in [7, 11) is 0. The van der Waals surface area contributed by atoms with Crippen LogP contribution in [0.1, 0.15) is 90.9 Å². The first-order valence-electron chi connectivity index (χ1n) is 10.1. The lowest BCUT2D eigenvalue weighted by Gasteiger charge is -2.37. The third-order valence-corrected chi connectivity index (χ3v) is 5.89. The van der Waals surface area contributed by atoms with E-state index in [1.807, 2.05) is 0 Å². The molecule has 2 fully saturated rings. The molecule has 0 bridgehead atoms. The largest absolute Gasteiger partial charge is 0.378 e. The second kappa shape index (κ2) is 10.5. The highest BCUT2D eigenvalue weighted by Crippen LogP contribution is 2.40.